The Balaban J connectivity index is 1.29. The van der Waals surface area contributed by atoms with Gasteiger partial charge in [0.15, 0.2) is 16.9 Å². The van der Waals surface area contributed by atoms with Crippen molar-refractivity contribution in [3.05, 3.63) is 112 Å². The fourth-order valence-corrected chi connectivity index (χ4v) is 7.87. The average molecular weight is 720 g/mol. The fourth-order valence-electron chi connectivity index (χ4n) is 4.82. The molecule has 4 heterocycles. The van der Waals surface area contributed by atoms with Crippen LogP contribution >= 0.6 is 46.4 Å². The van der Waals surface area contributed by atoms with Gasteiger partial charge in [0, 0.05) is 18.1 Å². The Morgan fingerprint density at radius 2 is 1.83 bits per heavy atom. The number of anilines is 1. The zero-order chi connectivity index (χ0) is 33.6. The second kappa shape index (κ2) is 14.9. The average Bonchev–Trinajstić information content (AvgIpc) is 3.78. The first-order valence-corrected chi connectivity index (χ1v) is 17.8. The van der Waals surface area contributed by atoms with E-state index in [4.69, 9.17) is 15.3 Å². The Morgan fingerprint density at radius 3 is 2.44 bits per heavy atom. The molecular formula is C31H25N7O6S4. The van der Waals surface area contributed by atoms with Crippen molar-refractivity contribution in [2.45, 2.75) is 28.7 Å². The van der Waals surface area contributed by atoms with E-state index in [0.29, 0.717) is 11.3 Å². The van der Waals surface area contributed by atoms with Crippen molar-refractivity contribution in [3.8, 4) is 0 Å². The van der Waals surface area contributed by atoms with Gasteiger partial charge in [0.2, 0.25) is 0 Å². The van der Waals surface area contributed by atoms with Crippen LogP contribution in [0.3, 0.4) is 0 Å². The summed E-state index contributed by atoms with van der Waals surface area (Å²) in [4.78, 5) is 62.8. The molecular weight excluding hydrogens is 695 g/mol. The number of nitrogens with one attached hydrogen (secondary N) is 1. The molecule has 4 aromatic rings. The number of hydrogen-bond donors (Lipinski definition) is 2. The number of rotatable bonds is 11. The first-order valence-electron chi connectivity index (χ1n) is 14.2. The lowest BCUT2D eigenvalue weighted by molar-refractivity contribution is -0.154. The minimum Gasteiger partial charge on any atom is -0.448 e. The van der Waals surface area contributed by atoms with Crippen molar-refractivity contribution in [2.24, 2.45) is 5.16 Å². The molecule has 48 heavy (non-hydrogen) atoms. The van der Waals surface area contributed by atoms with Gasteiger partial charge in [0.25, 0.3) is 11.8 Å². The van der Waals surface area contributed by atoms with Crippen LogP contribution in [-0.4, -0.2) is 66.1 Å². The topological polar surface area (TPSA) is 179 Å². The molecule has 17 heteroatoms. The van der Waals surface area contributed by atoms with E-state index in [0.717, 1.165) is 33.6 Å². The summed E-state index contributed by atoms with van der Waals surface area (Å²) in [5.41, 5.74) is 7.64. The SMILES string of the molecule is CC(=O)ON=C(C(=O)N[C@@H]1C(=O)N2C(C(=O)OC(c3ccccc3)c3ccccc3)=C(/C=C/Sc3cnns3)CS[C@@H]12)c1csc(N)n1. The molecule has 1 saturated heterocycles. The normalized spacial score (nSPS) is 17.7. The van der Waals surface area contributed by atoms with E-state index in [9.17, 15) is 19.2 Å². The zero-order valence-corrected chi connectivity index (χ0v) is 28.2. The molecule has 1 fully saturated rings. The predicted molar refractivity (Wildman–Crippen MR) is 183 cm³/mol. The van der Waals surface area contributed by atoms with Gasteiger partial charge in [-0.15, -0.1) is 28.2 Å². The highest BCUT2D eigenvalue weighted by atomic mass is 32.2. The maximum atomic E-state index is 14.2. The molecule has 2 atom stereocenters. The number of carbonyl (C=O) groups excluding carboxylic acids is 4. The number of thioether (sulfide) groups is 2. The summed E-state index contributed by atoms with van der Waals surface area (Å²) >= 11 is 5.04. The summed E-state index contributed by atoms with van der Waals surface area (Å²) in [6.45, 7) is 1.13. The molecule has 244 valence electrons. The molecule has 6 rings (SSSR count). The van der Waals surface area contributed by atoms with E-state index in [1.54, 1.807) is 17.7 Å². The fraction of sp³-hybridized carbons (Fsp3) is 0.161. The van der Waals surface area contributed by atoms with Gasteiger partial charge >= 0.3 is 11.9 Å². The van der Waals surface area contributed by atoms with Crippen molar-refractivity contribution in [3.63, 3.8) is 0 Å². The van der Waals surface area contributed by atoms with Crippen molar-refractivity contribution in [1.29, 1.82) is 0 Å². The molecule has 0 spiro atoms. The molecule has 3 N–H and O–H groups in total. The van der Waals surface area contributed by atoms with Gasteiger partial charge < -0.3 is 20.6 Å². The molecule has 2 amide bonds. The van der Waals surface area contributed by atoms with Crippen LogP contribution in [-0.2, 0) is 28.8 Å². The first kappa shape index (κ1) is 33.1. The van der Waals surface area contributed by atoms with Gasteiger partial charge in [-0.25, -0.2) is 14.6 Å². The number of nitrogen functional groups attached to an aromatic ring is 1. The minimum atomic E-state index is -1.02. The zero-order valence-electron chi connectivity index (χ0n) is 24.9. The van der Waals surface area contributed by atoms with Crippen LogP contribution in [0, 0.1) is 0 Å². The van der Waals surface area contributed by atoms with Crippen LogP contribution < -0.4 is 11.1 Å². The summed E-state index contributed by atoms with van der Waals surface area (Å²) < 4.78 is 10.9. The van der Waals surface area contributed by atoms with E-state index >= 15 is 0 Å². The molecule has 0 aliphatic carbocycles. The number of amides is 2. The Kier molecular flexibility index (Phi) is 10.3. The van der Waals surface area contributed by atoms with Gasteiger partial charge in [-0.05, 0) is 39.7 Å². The lowest BCUT2D eigenvalue weighted by atomic mass is 10.0. The molecule has 0 unspecified atom stereocenters. The number of aromatic nitrogens is 3. The number of allylic oxidation sites excluding steroid dienone is 1. The number of esters is 1. The van der Waals surface area contributed by atoms with Crippen LogP contribution in [0.15, 0.2) is 104 Å². The van der Waals surface area contributed by atoms with Crippen LogP contribution in [0.1, 0.15) is 29.8 Å². The first-order chi connectivity index (χ1) is 23.3. The van der Waals surface area contributed by atoms with Crippen LogP contribution in [0.4, 0.5) is 5.13 Å². The molecule has 2 aliphatic rings. The Morgan fingerprint density at radius 1 is 1.12 bits per heavy atom. The Bertz CT molecular complexity index is 1880. The molecule has 2 aromatic heterocycles. The number of benzene rings is 2. The monoisotopic (exact) mass is 719 g/mol. The third-order valence-electron chi connectivity index (χ3n) is 6.95. The number of thiazole rings is 1. The van der Waals surface area contributed by atoms with Gasteiger partial charge in [0.1, 0.15) is 27.0 Å². The highest BCUT2D eigenvalue weighted by molar-refractivity contribution is 8.03. The molecule has 2 aliphatic heterocycles. The number of fused-ring (bicyclic) bond motifs is 1. The van der Waals surface area contributed by atoms with Gasteiger partial charge in [0.05, 0.1) is 6.20 Å². The van der Waals surface area contributed by atoms with Crippen LogP contribution in [0.5, 0.6) is 0 Å². The van der Waals surface area contributed by atoms with E-state index in [1.165, 1.54) is 45.3 Å². The summed E-state index contributed by atoms with van der Waals surface area (Å²) in [7, 11) is 0. The van der Waals surface area contributed by atoms with Crippen molar-refractivity contribution >= 4 is 81.0 Å². The predicted octanol–water partition coefficient (Wildman–Crippen LogP) is 4.14. The maximum Gasteiger partial charge on any atom is 0.356 e. The number of ether oxygens (including phenoxy) is 1. The largest absolute Gasteiger partial charge is 0.448 e. The summed E-state index contributed by atoms with van der Waals surface area (Å²) in [5, 5.41) is 13.0. The van der Waals surface area contributed by atoms with Crippen molar-refractivity contribution in [2.75, 3.05) is 11.5 Å². The van der Waals surface area contributed by atoms with Gasteiger partial charge in [-0.1, -0.05) is 82.1 Å². The molecule has 2 aromatic carbocycles. The molecule has 0 saturated carbocycles. The second-order valence-corrected chi connectivity index (χ2v) is 14.1. The highest BCUT2D eigenvalue weighted by Crippen LogP contribution is 2.42. The van der Waals surface area contributed by atoms with E-state index in [1.807, 2.05) is 60.7 Å². The summed E-state index contributed by atoms with van der Waals surface area (Å²) in [6.07, 6.45) is 2.64. The molecule has 0 radical (unpaired) electrons. The smallest absolute Gasteiger partial charge is 0.356 e. The lowest BCUT2D eigenvalue weighted by Gasteiger charge is -2.49. The second-order valence-electron chi connectivity index (χ2n) is 10.1. The third kappa shape index (κ3) is 7.33. The number of hydrogen-bond acceptors (Lipinski definition) is 15. The number of oxime groups is 1. The number of nitrogens with two attached hydrogens (primary N) is 1. The van der Waals surface area contributed by atoms with Crippen molar-refractivity contribution < 1.29 is 28.8 Å². The van der Waals surface area contributed by atoms with Gasteiger partial charge in [-0.2, -0.15) is 0 Å². The number of β-lactam (4-membered cyclic amide) rings is 1. The lowest BCUT2D eigenvalue weighted by Crippen LogP contribution is -2.71. The van der Waals surface area contributed by atoms with E-state index < -0.39 is 41.3 Å². The van der Waals surface area contributed by atoms with Gasteiger partial charge in [-0.3, -0.25) is 14.5 Å². The summed E-state index contributed by atoms with van der Waals surface area (Å²) in [6, 6.07) is 17.6. The standard InChI is InChI=1S/C31H25N7O6S4/c1-17(39)44-36-23(21-16-47-31(32)34-21)27(40)35-24-28(41)38-25(20(15-46-29(24)38)12-13-45-22-14-33-37-48-22)30(42)43-26(18-8-4-2-5-9-18)19-10-6-3-7-11-19/h2-14,16,24,26,29H,15H2,1H3,(H2,32,34)(H,35,40)/b13-12+,36-23?/t24-,29+/m1/s1. The summed E-state index contributed by atoms with van der Waals surface area (Å²) in [5.74, 6) is -2.45. The third-order valence-corrected chi connectivity index (χ3v) is 10.5. The number of nitrogens with zero attached hydrogens (tertiary/aromatic N) is 5. The number of carbonyl (C=O) groups is 4. The molecule has 0 bridgehead atoms. The van der Waals surface area contributed by atoms with E-state index in [-0.39, 0.29) is 22.2 Å². The van der Waals surface area contributed by atoms with Crippen molar-refractivity contribution in [1.82, 2.24) is 24.8 Å². The van der Waals surface area contributed by atoms with E-state index in [2.05, 4.69) is 25.0 Å². The highest BCUT2D eigenvalue weighted by Gasteiger charge is 2.54. The quantitative estimate of drug-likeness (QED) is 0.0566. The molecule has 13 nitrogen and oxygen atoms in total. The van der Waals surface area contributed by atoms with Crippen LogP contribution in [0.2, 0.25) is 0 Å². The Labute approximate surface area is 290 Å². The van der Waals surface area contributed by atoms with Crippen LogP contribution in [0.25, 0.3) is 0 Å². The minimum absolute atomic E-state index is 0.0754. The maximum absolute atomic E-state index is 14.2. The Hall–Kier alpha value is -4.84.